The Morgan fingerprint density at radius 1 is 1.10 bits per heavy atom. The molecular weight excluding hydrogens is 433 g/mol. The summed E-state index contributed by atoms with van der Waals surface area (Å²) < 4.78 is 7.20. The molecule has 0 saturated heterocycles. The highest BCUT2D eigenvalue weighted by atomic mass is 35.5. The Morgan fingerprint density at radius 2 is 1.87 bits per heavy atom. The van der Waals surface area contributed by atoms with E-state index in [0.717, 1.165) is 22.0 Å². The van der Waals surface area contributed by atoms with Crippen molar-refractivity contribution < 1.29 is 9.53 Å². The lowest BCUT2D eigenvalue weighted by Gasteiger charge is -2.08. The van der Waals surface area contributed by atoms with Gasteiger partial charge in [-0.3, -0.25) is 4.79 Å². The molecule has 4 aromatic rings. The summed E-state index contributed by atoms with van der Waals surface area (Å²) in [5.41, 5.74) is 5.95. The number of nitrogens with one attached hydrogen (secondary N) is 1. The third-order valence-electron chi connectivity index (χ3n) is 4.90. The first-order chi connectivity index (χ1) is 15.0. The molecular formula is C24H19Cl2N3O2. The van der Waals surface area contributed by atoms with Crippen molar-refractivity contribution in [1.29, 1.82) is 0 Å². The van der Waals surface area contributed by atoms with Crippen LogP contribution in [0, 0.1) is 0 Å². The van der Waals surface area contributed by atoms with E-state index in [1.54, 1.807) is 43.7 Å². The average Bonchev–Trinajstić information content (AvgIpc) is 3.13. The van der Waals surface area contributed by atoms with Crippen molar-refractivity contribution in [3.05, 3.63) is 99.7 Å². The predicted octanol–water partition coefficient (Wildman–Crippen LogP) is 5.77. The predicted molar refractivity (Wildman–Crippen MR) is 126 cm³/mol. The molecule has 1 heterocycles. The normalized spacial score (nSPS) is 11.2. The standard InChI is InChI=1S/C24H19Cl2N3O2/c1-31-20-10-7-16(8-11-20)24(30)28-27-13-18-15-29(23-5-3-2-4-21(18)23)14-17-6-9-19(25)12-22(17)26/h2-13,15H,14H2,1H3,(H,28,30)/b27-13-. The van der Waals surface area contributed by atoms with Crippen LogP contribution in [0.15, 0.2) is 78.0 Å². The lowest BCUT2D eigenvalue weighted by Crippen LogP contribution is -2.17. The molecule has 0 unspecified atom stereocenters. The summed E-state index contributed by atoms with van der Waals surface area (Å²) in [5.74, 6) is 0.393. The molecule has 0 aliphatic carbocycles. The molecule has 5 nitrogen and oxygen atoms in total. The molecule has 0 radical (unpaired) electrons. The summed E-state index contributed by atoms with van der Waals surface area (Å²) in [4.78, 5) is 12.3. The van der Waals surface area contributed by atoms with Gasteiger partial charge in [-0.15, -0.1) is 0 Å². The molecule has 156 valence electrons. The molecule has 1 N–H and O–H groups in total. The summed E-state index contributed by atoms with van der Waals surface area (Å²) in [6, 6.07) is 20.3. The molecule has 4 rings (SSSR count). The van der Waals surface area contributed by atoms with Crippen LogP contribution < -0.4 is 10.2 Å². The number of aromatic nitrogens is 1. The average molecular weight is 452 g/mol. The van der Waals surface area contributed by atoms with Crippen LogP contribution in [0.1, 0.15) is 21.5 Å². The van der Waals surface area contributed by atoms with Crippen LogP contribution in [0.5, 0.6) is 5.75 Å². The van der Waals surface area contributed by atoms with E-state index in [2.05, 4.69) is 15.1 Å². The molecule has 7 heteroatoms. The molecule has 0 bridgehead atoms. The van der Waals surface area contributed by atoms with E-state index in [1.807, 2.05) is 42.6 Å². The maximum atomic E-state index is 12.3. The minimum Gasteiger partial charge on any atom is -0.497 e. The van der Waals surface area contributed by atoms with Gasteiger partial charge in [-0.1, -0.05) is 47.5 Å². The highest BCUT2D eigenvalue weighted by molar-refractivity contribution is 6.35. The number of benzene rings is 3. The fraction of sp³-hybridized carbons (Fsp3) is 0.0833. The van der Waals surface area contributed by atoms with Gasteiger partial charge in [0.25, 0.3) is 5.91 Å². The zero-order valence-corrected chi connectivity index (χ0v) is 18.2. The number of para-hydroxylation sites is 1. The fourth-order valence-electron chi connectivity index (χ4n) is 3.31. The first-order valence-corrected chi connectivity index (χ1v) is 10.3. The third-order valence-corrected chi connectivity index (χ3v) is 5.48. The molecule has 1 amide bonds. The molecule has 31 heavy (non-hydrogen) atoms. The molecule has 3 aromatic carbocycles. The molecule has 0 spiro atoms. The first-order valence-electron chi connectivity index (χ1n) is 9.54. The van der Waals surface area contributed by atoms with Crippen LogP contribution in [-0.4, -0.2) is 23.8 Å². The van der Waals surface area contributed by atoms with E-state index in [0.29, 0.717) is 27.9 Å². The number of rotatable bonds is 6. The first kappa shape index (κ1) is 21.0. The number of hydrogen-bond acceptors (Lipinski definition) is 3. The van der Waals surface area contributed by atoms with Crippen LogP contribution in [0.2, 0.25) is 10.0 Å². The maximum Gasteiger partial charge on any atom is 0.271 e. The van der Waals surface area contributed by atoms with E-state index in [4.69, 9.17) is 27.9 Å². The molecule has 0 saturated carbocycles. The smallest absolute Gasteiger partial charge is 0.271 e. The van der Waals surface area contributed by atoms with Gasteiger partial charge < -0.3 is 9.30 Å². The van der Waals surface area contributed by atoms with E-state index in [1.165, 1.54) is 0 Å². The van der Waals surface area contributed by atoms with Crippen LogP contribution in [-0.2, 0) is 6.54 Å². The SMILES string of the molecule is COc1ccc(C(=O)N/N=C\c2cn(Cc3ccc(Cl)cc3Cl)c3ccccc23)cc1. The summed E-state index contributed by atoms with van der Waals surface area (Å²) in [7, 11) is 1.58. The van der Waals surface area contributed by atoms with E-state index < -0.39 is 0 Å². The van der Waals surface area contributed by atoms with Crippen LogP contribution in [0.3, 0.4) is 0 Å². The lowest BCUT2D eigenvalue weighted by atomic mass is 10.2. The molecule has 0 atom stereocenters. The van der Waals surface area contributed by atoms with Crippen molar-refractivity contribution in [3.63, 3.8) is 0 Å². The van der Waals surface area contributed by atoms with Crippen molar-refractivity contribution in [2.75, 3.05) is 7.11 Å². The quantitative estimate of drug-likeness (QED) is 0.298. The number of carbonyl (C=O) groups excluding carboxylic acids is 1. The van der Waals surface area contributed by atoms with E-state index in [-0.39, 0.29) is 5.91 Å². The van der Waals surface area contributed by atoms with Crippen molar-refractivity contribution in [3.8, 4) is 5.75 Å². The molecule has 0 aliphatic rings. The third kappa shape index (κ3) is 4.74. The number of ether oxygens (including phenoxy) is 1. The zero-order chi connectivity index (χ0) is 21.8. The van der Waals surface area contributed by atoms with Gasteiger partial charge in [0.2, 0.25) is 0 Å². The van der Waals surface area contributed by atoms with Gasteiger partial charge in [0.15, 0.2) is 0 Å². The van der Waals surface area contributed by atoms with Gasteiger partial charge in [-0.25, -0.2) is 5.43 Å². The number of nitrogens with zero attached hydrogens (tertiary/aromatic N) is 2. The van der Waals surface area contributed by atoms with Gasteiger partial charge >= 0.3 is 0 Å². The molecule has 1 aromatic heterocycles. The second kappa shape index (κ2) is 9.25. The molecule has 0 aliphatic heterocycles. The Hall–Kier alpha value is -3.28. The van der Waals surface area contributed by atoms with E-state index in [9.17, 15) is 4.79 Å². The summed E-state index contributed by atoms with van der Waals surface area (Å²) in [6.07, 6.45) is 3.63. The summed E-state index contributed by atoms with van der Waals surface area (Å²) in [5, 5.41) is 6.39. The Labute approximate surface area is 189 Å². The molecule has 0 fully saturated rings. The Bertz CT molecular complexity index is 1260. The van der Waals surface area contributed by atoms with Crippen LogP contribution >= 0.6 is 23.2 Å². The van der Waals surface area contributed by atoms with Crippen molar-refractivity contribution >= 4 is 46.2 Å². The fourth-order valence-corrected chi connectivity index (χ4v) is 3.78. The number of amides is 1. The number of hydrogen-bond donors (Lipinski definition) is 1. The summed E-state index contributed by atoms with van der Waals surface area (Å²) >= 11 is 12.4. The maximum absolute atomic E-state index is 12.3. The zero-order valence-electron chi connectivity index (χ0n) is 16.7. The highest BCUT2D eigenvalue weighted by Crippen LogP contribution is 2.25. The monoisotopic (exact) mass is 451 g/mol. The number of fused-ring (bicyclic) bond motifs is 1. The number of carbonyl (C=O) groups is 1. The van der Waals surface area contributed by atoms with Crippen LogP contribution in [0.25, 0.3) is 10.9 Å². The topological polar surface area (TPSA) is 55.6 Å². The van der Waals surface area contributed by atoms with Gasteiger partial charge in [0.05, 0.1) is 13.3 Å². The second-order valence-electron chi connectivity index (χ2n) is 6.89. The van der Waals surface area contributed by atoms with Crippen molar-refractivity contribution in [1.82, 2.24) is 9.99 Å². The van der Waals surface area contributed by atoms with Gasteiger partial charge in [0.1, 0.15) is 5.75 Å². The Kier molecular flexibility index (Phi) is 6.26. The van der Waals surface area contributed by atoms with Crippen molar-refractivity contribution in [2.45, 2.75) is 6.54 Å². The Balaban J connectivity index is 1.55. The van der Waals surface area contributed by atoms with Crippen LogP contribution in [0.4, 0.5) is 0 Å². The van der Waals surface area contributed by atoms with E-state index >= 15 is 0 Å². The number of hydrazone groups is 1. The second-order valence-corrected chi connectivity index (χ2v) is 7.74. The number of methoxy groups -OCH3 is 1. The minimum absolute atomic E-state index is 0.296. The summed E-state index contributed by atoms with van der Waals surface area (Å²) in [6.45, 7) is 0.586. The minimum atomic E-state index is -0.296. The number of halogens is 2. The Morgan fingerprint density at radius 3 is 2.61 bits per heavy atom. The largest absolute Gasteiger partial charge is 0.497 e. The van der Waals surface area contributed by atoms with Gasteiger partial charge in [-0.2, -0.15) is 5.10 Å². The lowest BCUT2D eigenvalue weighted by molar-refractivity contribution is 0.0955. The van der Waals surface area contributed by atoms with Gasteiger partial charge in [0, 0.05) is 44.8 Å². The van der Waals surface area contributed by atoms with Crippen molar-refractivity contribution in [2.24, 2.45) is 5.10 Å². The van der Waals surface area contributed by atoms with Gasteiger partial charge in [-0.05, 0) is 48.0 Å². The highest BCUT2D eigenvalue weighted by Gasteiger charge is 2.10.